The van der Waals surface area contributed by atoms with E-state index in [1.807, 2.05) is 12.9 Å². The smallest absolute Gasteiger partial charge is 0.00520 e. The van der Waals surface area contributed by atoms with Gasteiger partial charge in [0, 0.05) is 0 Å². The summed E-state index contributed by atoms with van der Waals surface area (Å²) in [7, 11) is 2.15. The summed E-state index contributed by atoms with van der Waals surface area (Å²) in [6.07, 6.45) is 2.59. The maximum Gasteiger partial charge on any atom is -0.00520 e. The van der Waals surface area contributed by atoms with Crippen molar-refractivity contribution in [2.75, 3.05) is 26.9 Å². The molecule has 0 bridgehead atoms. The number of rotatable bonds is 4. The highest BCUT2D eigenvalue weighted by Crippen LogP contribution is 2.23. The first-order valence-corrected chi connectivity index (χ1v) is 6.43. The molecule has 0 spiro atoms. The molecule has 1 nitrogen and oxygen atoms in total. The largest absolute Gasteiger partial charge is 0.320 e. The van der Waals surface area contributed by atoms with Gasteiger partial charge in [0.05, 0.1) is 0 Å². The second-order valence-corrected chi connectivity index (χ2v) is 4.90. The molecule has 0 aromatic heterocycles. The molecular formula is C9H22NP. The van der Waals surface area contributed by atoms with Crippen molar-refractivity contribution in [1.82, 2.24) is 5.32 Å². The van der Waals surface area contributed by atoms with Crippen LogP contribution in [-0.2, 0) is 0 Å². The molecular weight excluding hydrogens is 153 g/mol. The molecule has 0 heterocycles. The van der Waals surface area contributed by atoms with Crippen LogP contribution in [0.5, 0.6) is 0 Å². The van der Waals surface area contributed by atoms with Crippen molar-refractivity contribution in [1.29, 1.82) is 0 Å². The molecule has 0 fully saturated rings. The first kappa shape index (κ1) is 13.7. The topological polar surface area (TPSA) is 12.0 Å². The summed E-state index contributed by atoms with van der Waals surface area (Å²) in [4.78, 5) is 0. The molecule has 0 saturated heterocycles. The lowest BCUT2D eigenvalue weighted by molar-refractivity contribution is 0.711. The number of unbranched alkanes of at least 4 members (excludes halogenated alkanes) is 1. The fourth-order valence-corrected chi connectivity index (χ4v) is 0.354. The zero-order chi connectivity index (χ0) is 9.11. The molecule has 68 valence electrons. The van der Waals surface area contributed by atoms with E-state index in [-0.39, 0.29) is 7.92 Å². The van der Waals surface area contributed by atoms with Gasteiger partial charge in [-0.05, 0) is 33.3 Å². The summed E-state index contributed by atoms with van der Waals surface area (Å²) in [5, 5.41) is 3.07. The highest BCUT2D eigenvalue weighted by molar-refractivity contribution is 7.59. The second-order valence-electron chi connectivity index (χ2n) is 2.60. The average molecular weight is 175 g/mol. The van der Waals surface area contributed by atoms with Crippen molar-refractivity contribution in [3.05, 3.63) is 12.4 Å². The molecule has 0 radical (unpaired) electrons. The molecule has 0 rings (SSSR count). The first-order valence-electron chi connectivity index (χ1n) is 4.12. The van der Waals surface area contributed by atoms with Gasteiger partial charge in [0.25, 0.3) is 0 Å². The van der Waals surface area contributed by atoms with Gasteiger partial charge in [-0.2, -0.15) is 0 Å². The predicted octanol–water partition coefficient (Wildman–Crippen LogP) is 2.88. The van der Waals surface area contributed by atoms with Gasteiger partial charge < -0.3 is 5.32 Å². The Morgan fingerprint density at radius 1 is 1.45 bits per heavy atom. The van der Waals surface area contributed by atoms with E-state index in [9.17, 15) is 0 Å². The monoisotopic (exact) mass is 175 g/mol. The van der Waals surface area contributed by atoms with Crippen LogP contribution in [0.4, 0.5) is 0 Å². The van der Waals surface area contributed by atoms with Gasteiger partial charge in [-0.15, -0.1) is 0 Å². The summed E-state index contributed by atoms with van der Waals surface area (Å²) in [5.41, 5.74) is 0. The van der Waals surface area contributed by atoms with E-state index in [2.05, 4.69) is 32.1 Å². The van der Waals surface area contributed by atoms with E-state index in [1.165, 1.54) is 12.8 Å². The van der Waals surface area contributed by atoms with Crippen LogP contribution in [0.25, 0.3) is 0 Å². The molecule has 1 N–H and O–H groups in total. The van der Waals surface area contributed by atoms with Gasteiger partial charge in [-0.1, -0.05) is 33.7 Å². The van der Waals surface area contributed by atoms with E-state index in [0.717, 1.165) is 6.54 Å². The van der Waals surface area contributed by atoms with Gasteiger partial charge >= 0.3 is 0 Å². The van der Waals surface area contributed by atoms with Crippen molar-refractivity contribution < 1.29 is 0 Å². The summed E-state index contributed by atoms with van der Waals surface area (Å²) in [6.45, 7) is 11.3. The summed E-state index contributed by atoms with van der Waals surface area (Å²) < 4.78 is 0. The average Bonchev–Trinajstić information content (AvgIpc) is 2.02. The highest BCUT2D eigenvalue weighted by Gasteiger charge is 1.73. The summed E-state index contributed by atoms with van der Waals surface area (Å²) in [6, 6.07) is 0. The Morgan fingerprint density at radius 3 is 2.00 bits per heavy atom. The molecule has 0 atom stereocenters. The van der Waals surface area contributed by atoms with Gasteiger partial charge in [-0.3, -0.25) is 0 Å². The summed E-state index contributed by atoms with van der Waals surface area (Å²) >= 11 is 0. The minimum atomic E-state index is 0.166. The zero-order valence-corrected chi connectivity index (χ0v) is 9.25. The van der Waals surface area contributed by atoms with Crippen LogP contribution in [0, 0.1) is 0 Å². The van der Waals surface area contributed by atoms with Crippen LogP contribution in [0.3, 0.4) is 0 Å². The molecule has 2 heteroatoms. The molecule has 0 saturated carbocycles. The number of hydrogen-bond acceptors (Lipinski definition) is 1. The van der Waals surface area contributed by atoms with Gasteiger partial charge in [0.2, 0.25) is 0 Å². The Labute approximate surface area is 73.0 Å². The SMILES string of the molecule is C=CP(C)C.CCCCNC. The fourth-order valence-electron chi connectivity index (χ4n) is 0.354. The minimum absolute atomic E-state index is 0.166. The molecule has 0 amide bonds. The third kappa shape index (κ3) is 25.4. The van der Waals surface area contributed by atoms with Crippen LogP contribution in [0.2, 0.25) is 0 Å². The maximum atomic E-state index is 3.59. The zero-order valence-electron chi connectivity index (χ0n) is 8.35. The lowest BCUT2D eigenvalue weighted by Crippen LogP contribution is -2.06. The van der Waals surface area contributed by atoms with E-state index < -0.39 is 0 Å². The predicted molar refractivity (Wildman–Crippen MR) is 57.8 cm³/mol. The Hall–Kier alpha value is 0.130. The molecule has 11 heavy (non-hydrogen) atoms. The van der Waals surface area contributed by atoms with E-state index in [0.29, 0.717) is 0 Å². The molecule has 0 aliphatic carbocycles. The molecule has 0 aromatic rings. The Balaban J connectivity index is 0. The summed E-state index contributed by atoms with van der Waals surface area (Å²) in [5.74, 6) is 1.98. The van der Waals surface area contributed by atoms with Crippen molar-refractivity contribution in [2.45, 2.75) is 19.8 Å². The van der Waals surface area contributed by atoms with Crippen LogP contribution in [0.15, 0.2) is 12.4 Å². The fraction of sp³-hybridized carbons (Fsp3) is 0.778. The number of nitrogens with one attached hydrogen (secondary N) is 1. The first-order chi connectivity index (χ1) is 5.18. The maximum absolute atomic E-state index is 3.59. The van der Waals surface area contributed by atoms with Crippen LogP contribution in [0.1, 0.15) is 19.8 Å². The van der Waals surface area contributed by atoms with Gasteiger partial charge in [-0.25, -0.2) is 0 Å². The molecule has 0 aliphatic heterocycles. The van der Waals surface area contributed by atoms with Crippen LogP contribution in [-0.4, -0.2) is 26.9 Å². The van der Waals surface area contributed by atoms with Crippen molar-refractivity contribution in [3.8, 4) is 0 Å². The Morgan fingerprint density at radius 2 is 1.91 bits per heavy atom. The van der Waals surface area contributed by atoms with Crippen molar-refractivity contribution in [2.24, 2.45) is 0 Å². The van der Waals surface area contributed by atoms with Crippen LogP contribution < -0.4 is 5.32 Å². The van der Waals surface area contributed by atoms with Crippen molar-refractivity contribution in [3.63, 3.8) is 0 Å². The van der Waals surface area contributed by atoms with E-state index in [4.69, 9.17) is 0 Å². The lowest BCUT2D eigenvalue weighted by atomic mass is 10.3. The Bertz CT molecular complexity index is 68.0. The van der Waals surface area contributed by atoms with E-state index in [1.54, 1.807) is 0 Å². The lowest BCUT2D eigenvalue weighted by Gasteiger charge is -1.89. The molecule has 0 aromatic carbocycles. The standard InChI is InChI=1S/C5H13N.C4H9P/c1-3-4-5-6-2;1-4-5(2)3/h6H,3-5H2,1-2H3;4H,1H2,2-3H3. The van der Waals surface area contributed by atoms with Crippen LogP contribution >= 0.6 is 7.92 Å². The van der Waals surface area contributed by atoms with E-state index >= 15 is 0 Å². The Kier molecular flexibility index (Phi) is 15.9. The number of hydrogen-bond donors (Lipinski definition) is 1. The highest BCUT2D eigenvalue weighted by atomic mass is 31.1. The van der Waals surface area contributed by atoms with Crippen molar-refractivity contribution >= 4 is 7.92 Å². The third-order valence-corrected chi connectivity index (χ3v) is 1.88. The quantitative estimate of drug-likeness (QED) is 0.511. The second kappa shape index (κ2) is 12.8. The van der Waals surface area contributed by atoms with Gasteiger partial charge in [0.15, 0.2) is 0 Å². The molecule has 0 unspecified atom stereocenters. The molecule has 0 aliphatic rings. The minimum Gasteiger partial charge on any atom is -0.320 e. The normalized spacial score (nSPS) is 8.82. The van der Waals surface area contributed by atoms with Gasteiger partial charge in [0.1, 0.15) is 0 Å². The third-order valence-electron chi connectivity index (χ3n) is 1.15.